The zero-order valence-corrected chi connectivity index (χ0v) is 12.2. The molecule has 2 aromatic heterocycles. The molecule has 2 nitrogen and oxygen atoms in total. The maximum atomic E-state index is 6.41. The summed E-state index contributed by atoms with van der Waals surface area (Å²) in [5.41, 5.74) is 4.68. The minimum absolute atomic E-state index is 0.482. The van der Waals surface area contributed by atoms with Crippen molar-refractivity contribution in [3.05, 3.63) is 65.3 Å². The van der Waals surface area contributed by atoms with Crippen molar-refractivity contribution in [1.82, 2.24) is 4.98 Å². The Bertz CT molecular complexity index is 971. The number of halogens is 1. The average Bonchev–Trinajstić information content (AvgIpc) is 2.86. The molecule has 0 aliphatic carbocycles. The van der Waals surface area contributed by atoms with Crippen LogP contribution in [-0.2, 0) is 0 Å². The van der Waals surface area contributed by atoms with Gasteiger partial charge in [-0.3, -0.25) is 0 Å². The highest BCUT2D eigenvalue weighted by molar-refractivity contribution is 6.36. The summed E-state index contributed by atoms with van der Waals surface area (Å²) in [7, 11) is 0. The summed E-state index contributed by atoms with van der Waals surface area (Å²) in [5.74, 6) is 0. The molecule has 0 bridgehead atoms. The van der Waals surface area contributed by atoms with Crippen molar-refractivity contribution in [1.29, 1.82) is 0 Å². The van der Waals surface area contributed by atoms with Crippen LogP contribution in [0.1, 0.15) is 5.56 Å². The highest BCUT2D eigenvalue weighted by atomic mass is 35.5. The number of fused-ring (bicyclic) bond motifs is 3. The fraction of sp³-hybridized carbons (Fsp3) is 0.0556. The number of para-hydroxylation sites is 1. The number of nitrogens with zero attached hydrogens (tertiary/aromatic N) is 1. The first-order valence-corrected chi connectivity index (χ1v) is 7.15. The highest BCUT2D eigenvalue weighted by Gasteiger charge is 2.14. The average molecular weight is 294 g/mol. The first kappa shape index (κ1) is 12.4. The summed E-state index contributed by atoms with van der Waals surface area (Å²) in [6.07, 6.45) is 0. The monoisotopic (exact) mass is 293 g/mol. The van der Waals surface area contributed by atoms with E-state index in [9.17, 15) is 0 Å². The van der Waals surface area contributed by atoms with Crippen molar-refractivity contribution in [2.45, 2.75) is 6.92 Å². The smallest absolute Gasteiger partial charge is 0.141 e. The van der Waals surface area contributed by atoms with E-state index in [0.717, 1.165) is 38.8 Å². The van der Waals surface area contributed by atoms with Crippen LogP contribution in [0.15, 0.2) is 59.0 Å². The summed E-state index contributed by atoms with van der Waals surface area (Å²) in [6, 6.07) is 18.0. The van der Waals surface area contributed by atoms with E-state index in [1.165, 1.54) is 0 Å². The van der Waals surface area contributed by atoms with Crippen molar-refractivity contribution in [3.63, 3.8) is 0 Å². The van der Waals surface area contributed by atoms with Crippen molar-refractivity contribution in [2.24, 2.45) is 0 Å². The lowest BCUT2D eigenvalue weighted by Gasteiger charge is -2.05. The fourth-order valence-electron chi connectivity index (χ4n) is 2.70. The first-order chi connectivity index (χ1) is 10.2. The molecule has 0 saturated heterocycles. The zero-order chi connectivity index (χ0) is 14.4. The third-order valence-electron chi connectivity index (χ3n) is 3.74. The van der Waals surface area contributed by atoms with Gasteiger partial charge in [0.15, 0.2) is 0 Å². The fourth-order valence-corrected chi connectivity index (χ4v) is 2.98. The molecule has 0 spiro atoms. The predicted molar refractivity (Wildman–Crippen MR) is 86.7 cm³/mol. The molecule has 0 N–H and O–H groups in total. The number of aromatic nitrogens is 1. The Morgan fingerprint density at radius 1 is 0.952 bits per heavy atom. The Hall–Kier alpha value is -2.32. The van der Waals surface area contributed by atoms with Gasteiger partial charge in [-0.2, -0.15) is 0 Å². The maximum absolute atomic E-state index is 6.41. The lowest BCUT2D eigenvalue weighted by Crippen LogP contribution is -1.87. The van der Waals surface area contributed by atoms with E-state index in [0.29, 0.717) is 5.15 Å². The second kappa shape index (κ2) is 4.61. The van der Waals surface area contributed by atoms with Crippen molar-refractivity contribution in [3.8, 4) is 11.3 Å². The Morgan fingerprint density at radius 3 is 2.57 bits per heavy atom. The Balaban J connectivity index is 2.06. The van der Waals surface area contributed by atoms with Gasteiger partial charge in [0.05, 0.1) is 11.1 Å². The molecule has 2 heterocycles. The molecular weight excluding hydrogens is 282 g/mol. The molecule has 0 radical (unpaired) electrons. The molecule has 0 saturated carbocycles. The van der Waals surface area contributed by atoms with Crippen LogP contribution in [0.4, 0.5) is 0 Å². The summed E-state index contributed by atoms with van der Waals surface area (Å²) < 4.78 is 5.91. The molecule has 4 rings (SSSR count). The van der Waals surface area contributed by atoms with E-state index in [-0.39, 0.29) is 0 Å². The number of hydrogen-bond donors (Lipinski definition) is 0. The quantitative estimate of drug-likeness (QED) is 0.426. The molecule has 0 fully saturated rings. The van der Waals surface area contributed by atoms with Gasteiger partial charge in [-0.15, -0.1) is 0 Å². The number of hydrogen-bond acceptors (Lipinski definition) is 2. The molecule has 0 aliphatic rings. The topological polar surface area (TPSA) is 26.0 Å². The molecule has 2 aromatic carbocycles. The highest BCUT2D eigenvalue weighted by Crippen LogP contribution is 2.35. The van der Waals surface area contributed by atoms with Crippen LogP contribution in [0.25, 0.3) is 33.2 Å². The van der Waals surface area contributed by atoms with Crippen molar-refractivity contribution < 1.29 is 4.42 Å². The van der Waals surface area contributed by atoms with Gasteiger partial charge < -0.3 is 4.42 Å². The van der Waals surface area contributed by atoms with Gasteiger partial charge >= 0.3 is 0 Å². The van der Waals surface area contributed by atoms with Gasteiger partial charge in [-0.25, -0.2) is 4.98 Å². The Morgan fingerprint density at radius 2 is 1.71 bits per heavy atom. The van der Waals surface area contributed by atoms with E-state index in [2.05, 4.69) is 18.0 Å². The summed E-state index contributed by atoms with van der Waals surface area (Å²) >= 11 is 6.41. The summed E-state index contributed by atoms with van der Waals surface area (Å²) in [5, 5.41) is 2.36. The van der Waals surface area contributed by atoms with E-state index in [1.54, 1.807) is 0 Å². The summed E-state index contributed by atoms with van der Waals surface area (Å²) in [6.45, 7) is 2.06. The lowest BCUT2D eigenvalue weighted by atomic mass is 10.0. The molecule has 3 heteroatoms. The summed E-state index contributed by atoms with van der Waals surface area (Å²) in [4.78, 5) is 4.56. The number of benzene rings is 2. The van der Waals surface area contributed by atoms with Crippen LogP contribution in [0.3, 0.4) is 0 Å². The van der Waals surface area contributed by atoms with E-state index >= 15 is 0 Å². The lowest BCUT2D eigenvalue weighted by molar-refractivity contribution is 0.668. The predicted octanol–water partition coefficient (Wildman–Crippen LogP) is 5.61. The maximum Gasteiger partial charge on any atom is 0.141 e. The molecule has 102 valence electrons. The molecular formula is C18H12ClNO. The number of rotatable bonds is 1. The molecule has 0 atom stereocenters. The van der Waals surface area contributed by atoms with E-state index in [4.69, 9.17) is 16.0 Å². The largest absolute Gasteiger partial charge is 0.456 e. The molecule has 0 aliphatic heterocycles. The SMILES string of the molecule is Cc1ccccc1-c1cc2oc3ccccc3c2c(Cl)n1. The van der Waals surface area contributed by atoms with Crippen LogP contribution in [0.5, 0.6) is 0 Å². The van der Waals surface area contributed by atoms with Gasteiger partial charge in [0.2, 0.25) is 0 Å². The van der Waals surface area contributed by atoms with Gasteiger partial charge in [0.25, 0.3) is 0 Å². The van der Waals surface area contributed by atoms with Gasteiger partial charge in [0, 0.05) is 17.0 Å². The van der Waals surface area contributed by atoms with Crippen molar-refractivity contribution >= 4 is 33.5 Å². The number of aryl methyl sites for hydroxylation is 1. The van der Waals surface area contributed by atoms with Crippen molar-refractivity contribution in [2.75, 3.05) is 0 Å². The second-order valence-electron chi connectivity index (χ2n) is 5.08. The molecule has 0 amide bonds. The van der Waals surface area contributed by atoms with Crippen LogP contribution < -0.4 is 0 Å². The normalized spacial score (nSPS) is 11.3. The third-order valence-corrected chi connectivity index (χ3v) is 4.01. The minimum Gasteiger partial charge on any atom is -0.456 e. The van der Waals surface area contributed by atoms with Crippen LogP contribution in [0, 0.1) is 6.92 Å². The standard InChI is InChI=1S/C18H12ClNO/c1-11-6-2-3-7-12(11)14-10-16-17(18(19)20-14)13-8-4-5-9-15(13)21-16/h2-10H,1H3. The minimum atomic E-state index is 0.482. The van der Waals surface area contributed by atoms with Gasteiger partial charge in [-0.05, 0) is 18.6 Å². The number of pyridine rings is 1. The van der Waals surface area contributed by atoms with E-state index < -0.39 is 0 Å². The third kappa shape index (κ3) is 1.91. The van der Waals surface area contributed by atoms with Crippen LogP contribution in [-0.4, -0.2) is 4.98 Å². The van der Waals surface area contributed by atoms with Crippen LogP contribution in [0.2, 0.25) is 5.15 Å². The Kier molecular flexibility index (Phi) is 2.72. The van der Waals surface area contributed by atoms with Crippen LogP contribution >= 0.6 is 11.6 Å². The number of furan rings is 1. The zero-order valence-electron chi connectivity index (χ0n) is 11.4. The molecule has 4 aromatic rings. The first-order valence-electron chi connectivity index (χ1n) is 6.78. The van der Waals surface area contributed by atoms with Gasteiger partial charge in [-0.1, -0.05) is 54.1 Å². The second-order valence-corrected chi connectivity index (χ2v) is 5.44. The Labute approximate surface area is 127 Å². The van der Waals surface area contributed by atoms with Gasteiger partial charge in [0.1, 0.15) is 16.3 Å². The molecule has 21 heavy (non-hydrogen) atoms. The molecule has 0 unspecified atom stereocenters. The van der Waals surface area contributed by atoms with E-state index in [1.807, 2.05) is 48.5 Å².